The molecule has 14 heavy (non-hydrogen) atoms. The van der Waals surface area contributed by atoms with Crippen LogP contribution in [0.15, 0.2) is 23.7 Å². The molecule has 2 nitrogen and oxygen atoms in total. The van der Waals surface area contributed by atoms with Crippen LogP contribution < -0.4 is 5.73 Å². The summed E-state index contributed by atoms with van der Waals surface area (Å²) in [5, 5.41) is 0.619. The minimum atomic E-state index is -0.227. The molecule has 0 atom stereocenters. The smallest absolute Gasteiger partial charge is 0.126 e. The molecule has 2 aromatic rings. The lowest BCUT2D eigenvalue weighted by molar-refractivity contribution is 0.619. The van der Waals surface area contributed by atoms with Crippen LogP contribution >= 0.6 is 11.3 Å². The summed E-state index contributed by atoms with van der Waals surface area (Å²) in [5.41, 5.74) is 9.37. The van der Waals surface area contributed by atoms with E-state index >= 15 is 0 Å². The zero-order valence-corrected chi connectivity index (χ0v) is 8.44. The second kappa shape index (κ2) is 3.38. The molecule has 72 valence electrons. The topological polar surface area (TPSA) is 38.9 Å². The zero-order valence-electron chi connectivity index (χ0n) is 7.62. The minimum Gasteiger partial charge on any atom is -0.389 e. The molecule has 0 aliphatic heterocycles. The zero-order chi connectivity index (χ0) is 10.1. The molecule has 0 aliphatic rings. The number of rotatable bonds is 1. The van der Waals surface area contributed by atoms with Crippen LogP contribution in [0.4, 0.5) is 9.39 Å². The summed E-state index contributed by atoms with van der Waals surface area (Å²) >= 11 is 1.35. The Morgan fingerprint density at radius 2 is 2.21 bits per heavy atom. The number of aryl methyl sites for hydroxylation is 1. The van der Waals surface area contributed by atoms with Crippen molar-refractivity contribution < 1.29 is 4.39 Å². The summed E-state index contributed by atoms with van der Waals surface area (Å²) in [4.78, 5) is 4.08. The van der Waals surface area contributed by atoms with Gasteiger partial charge in [0.2, 0.25) is 0 Å². The van der Waals surface area contributed by atoms with Crippen molar-refractivity contribution in [3.63, 3.8) is 0 Å². The first kappa shape index (κ1) is 9.15. The molecule has 0 amide bonds. The van der Waals surface area contributed by atoms with E-state index in [-0.39, 0.29) is 5.82 Å². The lowest BCUT2D eigenvalue weighted by Gasteiger charge is -2.00. The molecule has 1 aromatic carbocycles. The van der Waals surface area contributed by atoms with E-state index in [0.29, 0.717) is 16.3 Å². The van der Waals surface area contributed by atoms with Crippen LogP contribution in [0, 0.1) is 12.7 Å². The maximum Gasteiger partial charge on any atom is 0.126 e. The SMILES string of the molecule is Cc1ccc(-c2ncsc2N)cc1F. The fraction of sp³-hybridized carbons (Fsp3) is 0.100. The second-order valence-corrected chi connectivity index (χ2v) is 3.92. The van der Waals surface area contributed by atoms with Crippen LogP contribution in [-0.4, -0.2) is 4.98 Å². The molecule has 0 aliphatic carbocycles. The number of hydrogen-bond acceptors (Lipinski definition) is 3. The number of benzene rings is 1. The Morgan fingerprint density at radius 3 is 2.79 bits per heavy atom. The van der Waals surface area contributed by atoms with E-state index in [4.69, 9.17) is 5.73 Å². The van der Waals surface area contributed by atoms with Crippen molar-refractivity contribution in [2.45, 2.75) is 6.92 Å². The average molecular weight is 208 g/mol. The van der Waals surface area contributed by atoms with Crippen LogP contribution in [0.2, 0.25) is 0 Å². The summed E-state index contributed by atoms with van der Waals surface area (Å²) in [6.45, 7) is 1.73. The third kappa shape index (κ3) is 1.48. The summed E-state index contributed by atoms with van der Waals surface area (Å²) in [5.74, 6) is -0.227. The third-order valence-corrected chi connectivity index (χ3v) is 2.70. The van der Waals surface area contributed by atoms with E-state index in [2.05, 4.69) is 4.98 Å². The molecule has 1 heterocycles. The van der Waals surface area contributed by atoms with E-state index < -0.39 is 0 Å². The van der Waals surface area contributed by atoms with Crippen molar-refractivity contribution in [2.24, 2.45) is 0 Å². The van der Waals surface area contributed by atoms with Gasteiger partial charge in [-0.3, -0.25) is 0 Å². The molecule has 0 unspecified atom stereocenters. The molecule has 1 aromatic heterocycles. The minimum absolute atomic E-state index is 0.227. The number of hydrogen-bond donors (Lipinski definition) is 1. The highest BCUT2D eigenvalue weighted by Crippen LogP contribution is 2.28. The van der Waals surface area contributed by atoms with E-state index in [0.717, 1.165) is 5.56 Å². The number of nitrogen functional groups attached to an aromatic ring is 1. The summed E-state index contributed by atoms with van der Waals surface area (Å²) in [7, 11) is 0. The Hall–Kier alpha value is -1.42. The molecular formula is C10H9FN2S. The number of nitrogens with two attached hydrogens (primary N) is 1. The molecule has 0 bridgehead atoms. The lowest BCUT2D eigenvalue weighted by Crippen LogP contribution is -1.88. The van der Waals surface area contributed by atoms with E-state index in [1.807, 2.05) is 6.07 Å². The maximum absolute atomic E-state index is 13.2. The number of halogens is 1. The van der Waals surface area contributed by atoms with Gasteiger partial charge in [-0.25, -0.2) is 9.37 Å². The van der Waals surface area contributed by atoms with E-state index in [9.17, 15) is 4.39 Å². The first-order chi connectivity index (χ1) is 6.68. The fourth-order valence-electron chi connectivity index (χ4n) is 1.21. The maximum atomic E-state index is 13.2. The highest BCUT2D eigenvalue weighted by atomic mass is 32.1. The van der Waals surface area contributed by atoms with Crippen LogP contribution in [-0.2, 0) is 0 Å². The van der Waals surface area contributed by atoms with Gasteiger partial charge in [0.05, 0.1) is 5.51 Å². The van der Waals surface area contributed by atoms with Crippen molar-refractivity contribution >= 4 is 16.3 Å². The van der Waals surface area contributed by atoms with Gasteiger partial charge in [-0.2, -0.15) is 0 Å². The highest BCUT2D eigenvalue weighted by molar-refractivity contribution is 7.14. The first-order valence-electron chi connectivity index (χ1n) is 4.14. The van der Waals surface area contributed by atoms with Crippen molar-refractivity contribution in [1.29, 1.82) is 0 Å². The Bertz CT molecular complexity index is 465. The summed E-state index contributed by atoms with van der Waals surface area (Å²) < 4.78 is 13.2. The van der Waals surface area contributed by atoms with Gasteiger partial charge in [0, 0.05) is 5.56 Å². The van der Waals surface area contributed by atoms with E-state index in [1.165, 1.54) is 17.4 Å². The van der Waals surface area contributed by atoms with Crippen molar-refractivity contribution in [3.8, 4) is 11.3 Å². The predicted octanol–water partition coefficient (Wildman–Crippen LogP) is 2.84. The van der Waals surface area contributed by atoms with Gasteiger partial charge in [0.15, 0.2) is 0 Å². The van der Waals surface area contributed by atoms with Crippen LogP contribution in [0.25, 0.3) is 11.3 Å². The summed E-state index contributed by atoms with van der Waals surface area (Å²) in [6, 6.07) is 5.01. The molecule has 2 rings (SSSR count). The fourth-order valence-corrected chi connectivity index (χ4v) is 1.77. The third-order valence-electron chi connectivity index (χ3n) is 2.04. The number of aromatic nitrogens is 1. The van der Waals surface area contributed by atoms with Crippen LogP contribution in [0.5, 0.6) is 0 Å². The predicted molar refractivity (Wildman–Crippen MR) is 56.7 cm³/mol. The average Bonchev–Trinajstić information content (AvgIpc) is 2.57. The van der Waals surface area contributed by atoms with Gasteiger partial charge in [0.25, 0.3) is 0 Å². The quantitative estimate of drug-likeness (QED) is 0.782. The number of nitrogens with zero attached hydrogens (tertiary/aromatic N) is 1. The molecule has 0 saturated heterocycles. The normalized spacial score (nSPS) is 10.4. The van der Waals surface area contributed by atoms with Crippen LogP contribution in [0.3, 0.4) is 0 Å². The molecular weight excluding hydrogens is 199 g/mol. The molecule has 0 saturated carbocycles. The lowest BCUT2D eigenvalue weighted by atomic mass is 10.1. The van der Waals surface area contributed by atoms with Gasteiger partial charge in [-0.15, -0.1) is 11.3 Å². The molecule has 0 radical (unpaired) electrons. The highest BCUT2D eigenvalue weighted by Gasteiger charge is 2.07. The monoisotopic (exact) mass is 208 g/mol. The van der Waals surface area contributed by atoms with Gasteiger partial charge in [-0.05, 0) is 18.6 Å². The number of thiazole rings is 1. The molecule has 2 N–H and O–H groups in total. The van der Waals surface area contributed by atoms with Crippen molar-refractivity contribution in [1.82, 2.24) is 4.98 Å². The molecule has 4 heteroatoms. The van der Waals surface area contributed by atoms with Crippen molar-refractivity contribution in [2.75, 3.05) is 5.73 Å². The first-order valence-corrected chi connectivity index (χ1v) is 5.02. The number of anilines is 1. The van der Waals surface area contributed by atoms with Crippen molar-refractivity contribution in [3.05, 3.63) is 35.1 Å². The van der Waals surface area contributed by atoms with Gasteiger partial charge in [0.1, 0.15) is 16.5 Å². The summed E-state index contributed by atoms with van der Waals surface area (Å²) in [6.07, 6.45) is 0. The molecule has 0 fully saturated rings. The van der Waals surface area contributed by atoms with Gasteiger partial charge >= 0.3 is 0 Å². The second-order valence-electron chi connectivity index (χ2n) is 3.03. The van der Waals surface area contributed by atoms with Gasteiger partial charge < -0.3 is 5.73 Å². The Balaban J connectivity index is 2.53. The Labute approximate surface area is 85.2 Å². The van der Waals surface area contributed by atoms with E-state index in [1.54, 1.807) is 18.5 Å². The van der Waals surface area contributed by atoms with Crippen LogP contribution in [0.1, 0.15) is 5.56 Å². The molecule has 0 spiro atoms. The largest absolute Gasteiger partial charge is 0.389 e. The Kier molecular flexibility index (Phi) is 2.21. The van der Waals surface area contributed by atoms with Gasteiger partial charge in [-0.1, -0.05) is 12.1 Å². The standard InChI is InChI=1S/C10H9FN2S/c1-6-2-3-7(4-8(6)11)9-10(12)14-5-13-9/h2-5H,12H2,1H3. The Morgan fingerprint density at radius 1 is 1.43 bits per heavy atom.